The summed E-state index contributed by atoms with van der Waals surface area (Å²) in [7, 11) is 0. The van der Waals surface area contributed by atoms with Gasteiger partial charge in [-0.05, 0) is 19.5 Å². The van der Waals surface area contributed by atoms with Gasteiger partial charge in [0.1, 0.15) is 0 Å². The summed E-state index contributed by atoms with van der Waals surface area (Å²) < 4.78 is 5.36. The van der Waals surface area contributed by atoms with Crippen LogP contribution in [0, 0.1) is 5.92 Å². The first-order valence-corrected chi connectivity index (χ1v) is 8.25. The minimum atomic E-state index is -0.717. The van der Waals surface area contributed by atoms with E-state index in [1.54, 1.807) is 0 Å². The van der Waals surface area contributed by atoms with E-state index in [0.29, 0.717) is 13.2 Å². The number of nitrogens with zero attached hydrogens (tertiary/aromatic N) is 1. The largest absolute Gasteiger partial charge is 0.481 e. The van der Waals surface area contributed by atoms with Crippen molar-refractivity contribution >= 4 is 5.97 Å². The van der Waals surface area contributed by atoms with Crippen molar-refractivity contribution < 1.29 is 14.6 Å². The molecule has 0 radical (unpaired) electrons. The Morgan fingerprint density at radius 1 is 1.10 bits per heavy atom. The van der Waals surface area contributed by atoms with Crippen LogP contribution in [0.25, 0.3) is 0 Å². The molecule has 0 spiro atoms. The fraction of sp³-hybridized carbons (Fsp3) is 0.938. The maximum Gasteiger partial charge on any atom is 0.310 e. The Hall–Kier alpha value is -0.610. The molecule has 1 aliphatic rings. The first kappa shape index (κ1) is 17.4. The second-order valence-electron chi connectivity index (χ2n) is 5.80. The lowest BCUT2D eigenvalue weighted by atomic mass is 10.0. The Bertz CT molecular complexity index is 270. The molecule has 0 bridgehead atoms. The molecule has 0 saturated carbocycles. The highest BCUT2D eigenvalue weighted by atomic mass is 16.5. The second-order valence-corrected chi connectivity index (χ2v) is 5.80. The van der Waals surface area contributed by atoms with Crippen molar-refractivity contribution in [2.24, 2.45) is 5.92 Å². The average Bonchev–Trinajstić information content (AvgIpc) is 2.91. The Morgan fingerprint density at radius 2 is 1.75 bits per heavy atom. The number of carbonyl (C=O) groups is 1. The number of carboxylic acid groups (broad SMARTS) is 1. The molecule has 1 heterocycles. The maximum absolute atomic E-state index is 11.2. The van der Waals surface area contributed by atoms with Gasteiger partial charge in [-0.25, -0.2) is 0 Å². The predicted molar refractivity (Wildman–Crippen MR) is 81.0 cm³/mol. The molecular formula is C16H31NO3. The van der Waals surface area contributed by atoms with Crippen LogP contribution in [0.1, 0.15) is 58.8 Å². The van der Waals surface area contributed by atoms with Gasteiger partial charge in [0.05, 0.1) is 19.1 Å². The van der Waals surface area contributed by atoms with Gasteiger partial charge in [-0.15, -0.1) is 0 Å². The number of hydrogen-bond acceptors (Lipinski definition) is 3. The normalized spacial score (nSPS) is 22.6. The van der Waals surface area contributed by atoms with E-state index in [-0.39, 0.29) is 12.0 Å². The molecule has 2 atom stereocenters. The van der Waals surface area contributed by atoms with Crippen molar-refractivity contribution in [3.8, 4) is 0 Å². The summed E-state index contributed by atoms with van der Waals surface area (Å²) in [6, 6.07) is 0.0672. The molecule has 1 saturated heterocycles. The third-order valence-corrected chi connectivity index (χ3v) is 4.29. The van der Waals surface area contributed by atoms with Gasteiger partial charge in [-0.3, -0.25) is 9.69 Å². The Kier molecular flexibility index (Phi) is 8.86. The first-order chi connectivity index (χ1) is 9.70. The van der Waals surface area contributed by atoms with Crippen LogP contribution >= 0.6 is 0 Å². The van der Waals surface area contributed by atoms with E-state index in [9.17, 15) is 9.90 Å². The molecule has 118 valence electrons. The summed E-state index contributed by atoms with van der Waals surface area (Å²) in [5.41, 5.74) is 0. The molecule has 1 rings (SSSR count). The number of unbranched alkanes of at least 4 members (excludes halogenated alkanes) is 6. The number of aliphatic carboxylic acids is 1. The van der Waals surface area contributed by atoms with Crippen molar-refractivity contribution in [2.75, 3.05) is 26.3 Å². The highest BCUT2D eigenvalue weighted by Gasteiger charge is 2.37. The van der Waals surface area contributed by atoms with Crippen molar-refractivity contribution in [3.05, 3.63) is 0 Å². The van der Waals surface area contributed by atoms with Crippen LogP contribution in [-0.4, -0.2) is 48.3 Å². The summed E-state index contributed by atoms with van der Waals surface area (Å²) in [5, 5.41) is 9.21. The smallest absolute Gasteiger partial charge is 0.310 e. The highest BCUT2D eigenvalue weighted by molar-refractivity contribution is 5.71. The topological polar surface area (TPSA) is 49.8 Å². The van der Waals surface area contributed by atoms with Gasteiger partial charge in [0.25, 0.3) is 0 Å². The number of rotatable bonds is 11. The molecule has 1 N–H and O–H groups in total. The van der Waals surface area contributed by atoms with Crippen molar-refractivity contribution in [1.82, 2.24) is 4.90 Å². The lowest BCUT2D eigenvalue weighted by Gasteiger charge is -2.29. The highest BCUT2D eigenvalue weighted by Crippen LogP contribution is 2.20. The quantitative estimate of drug-likeness (QED) is 0.592. The average molecular weight is 285 g/mol. The third-order valence-electron chi connectivity index (χ3n) is 4.29. The van der Waals surface area contributed by atoms with E-state index in [4.69, 9.17) is 4.74 Å². The fourth-order valence-corrected chi connectivity index (χ4v) is 2.97. The van der Waals surface area contributed by atoms with E-state index in [0.717, 1.165) is 13.1 Å². The van der Waals surface area contributed by atoms with Gasteiger partial charge in [0.2, 0.25) is 0 Å². The van der Waals surface area contributed by atoms with Crippen LogP contribution in [0.5, 0.6) is 0 Å². The van der Waals surface area contributed by atoms with E-state index in [1.165, 1.54) is 44.9 Å². The van der Waals surface area contributed by atoms with E-state index in [2.05, 4.69) is 18.7 Å². The zero-order chi connectivity index (χ0) is 14.8. The van der Waals surface area contributed by atoms with E-state index >= 15 is 0 Å². The third kappa shape index (κ3) is 5.80. The molecule has 4 heteroatoms. The molecule has 0 aromatic rings. The zero-order valence-electron chi connectivity index (χ0n) is 13.1. The Morgan fingerprint density at radius 3 is 2.35 bits per heavy atom. The van der Waals surface area contributed by atoms with Gasteiger partial charge in [0.15, 0.2) is 0 Å². The molecule has 2 unspecified atom stereocenters. The Balaban J connectivity index is 2.20. The number of carboxylic acids is 1. The first-order valence-electron chi connectivity index (χ1n) is 8.25. The molecule has 1 fully saturated rings. The minimum absolute atomic E-state index is 0.0672. The monoisotopic (exact) mass is 285 g/mol. The van der Waals surface area contributed by atoms with E-state index < -0.39 is 5.97 Å². The van der Waals surface area contributed by atoms with Gasteiger partial charge >= 0.3 is 5.97 Å². The van der Waals surface area contributed by atoms with Crippen molar-refractivity contribution in [3.63, 3.8) is 0 Å². The molecule has 20 heavy (non-hydrogen) atoms. The van der Waals surface area contributed by atoms with Gasteiger partial charge in [-0.1, -0.05) is 52.4 Å². The number of likely N-dealkylation sites (N-methyl/N-ethyl adjacent to an activating group) is 1. The zero-order valence-corrected chi connectivity index (χ0v) is 13.1. The molecule has 0 aliphatic carbocycles. The standard InChI is InChI=1S/C16H31NO3/c1-3-5-6-7-8-9-10-11-17(4-2)15-13-20-12-14(15)16(18)19/h14-15H,3-13H2,1-2H3,(H,18,19). The van der Waals surface area contributed by atoms with Gasteiger partial charge in [-0.2, -0.15) is 0 Å². The minimum Gasteiger partial charge on any atom is -0.481 e. The number of ether oxygens (including phenoxy) is 1. The summed E-state index contributed by atoms with van der Waals surface area (Å²) in [6.45, 7) is 7.20. The second kappa shape index (κ2) is 10.2. The van der Waals surface area contributed by atoms with E-state index in [1.807, 2.05) is 0 Å². The van der Waals surface area contributed by atoms with Crippen molar-refractivity contribution in [1.29, 1.82) is 0 Å². The van der Waals surface area contributed by atoms with Crippen LogP contribution in [-0.2, 0) is 9.53 Å². The van der Waals surface area contributed by atoms with Crippen LogP contribution in [0.15, 0.2) is 0 Å². The summed E-state index contributed by atoms with van der Waals surface area (Å²) in [4.78, 5) is 13.5. The Labute approximate surface area is 123 Å². The molecule has 1 aliphatic heterocycles. The van der Waals surface area contributed by atoms with Crippen LogP contribution in [0.2, 0.25) is 0 Å². The van der Waals surface area contributed by atoms with Crippen LogP contribution < -0.4 is 0 Å². The lowest BCUT2D eigenvalue weighted by molar-refractivity contribution is -0.143. The summed E-state index contributed by atoms with van der Waals surface area (Å²) in [6.07, 6.45) is 9.06. The van der Waals surface area contributed by atoms with Gasteiger partial charge in [0, 0.05) is 6.04 Å². The molecule has 0 aromatic heterocycles. The number of hydrogen-bond donors (Lipinski definition) is 1. The SMILES string of the molecule is CCCCCCCCCN(CC)C1COCC1C(=O)O. The maximum atomic E-state index is 11.2. The molecule has 0 amide bonds. The lowest BCUT2D eigenvalue weighted by Crippen LogP contribution is -2.43. The molecule has 0 aromatic carbocycles. The predicted octanol–water partition coefficient (Wildman–Crippen LogP) is 3.16. The summed E-state index contributed by atoms with van der Waals surface area (Å²) >= 11 is 0. The fourth-order valence-electron chi connectivity index (χ4n) is 2.97. The summed E-state index contributed by atoms with van der Waals surface area (Å²) in [5.74, 6) is -1.06. The molecular weight excluding hydrogens is 254 g/mol. The van der Waals surface area contributed by atoms with Gasteiger partial charge < -0.3 is 9.84 Å². The molecule has 4 nitrogen and oxygen atoms in total. The van der Waals surface area contributed by atoms with Crippen molar-refractivity contribution in [2.45, 2.75) is 64.8 Å². The van der Waals surface area contributed by atoms with Crippen LogP contribution in [0.3, 0.4) is 0 Å². The van der Waals surface area contributed by atoms with Crippen LogP contribution in [0.4, 0.5) is 0 Å².